The van der Waals surface area contributed by atoms with E-state index in [0.29, 0.717) is 0 Å². The van der Waals surface area contributed by atoms with E-state index in [4.69, 9.17) is 4.21 Å². The van der Waals surface area contributed by atoms with E-state index in [1.54, 1.807) is 6.56 Å². The van der Waals surface area contributed by atoms with Crippen molar-refractivity contribution in [2.24, 2.45) is 0 Å². The van der Waals surface area contributed by atoms with Crippen LogP contribution in [-0.4, -0.2) is 4.21 Å². The fourth-order valence-electron chi connectivity index (χ4n) is 4.77. The molecule has 26 heavy (non-hydrogen) atoms. The van der Waals surface area contributed by atoms with Gasteiger partial charge in [-0.05, 0) is 0 Å². The Morgan fingerprint density at radius 1 is 0.654 bits per heavy atom. The van der Waals surface area contributed by atoms with Crippen molar-refractivity contribution in [3.05, 3.63) is 115 Å². The SMILES string of the molecule is [CH2]=[Zr]([CH2]c1ccccc1)([CH2]c1ccccc1)([C]1=CC=CC1)[C]1=CC=CC1. The third-order valence-electron chi connectivity index (χ3n) is 6.17. The normalized spacial score (nSPS) is 16.7. The molecular weight excluding hydrogens is 391 g/mol. The minimum atomic E-state index is -3.72. The van der Waals surface area contributed by atoms with E-state index in [1.165, 1.54) is 11.1 Å². The third kappa shape index (κ3) is 3.14. The van der Waals surface area contributed by atoms with Crippen molar-refractivity contribution in [1.29, 1.82) is 0 Å². The molecule has 0 heterocycles. The Bertz CT molecular complexity index is 888. The summed E-state index contributed by atoms with van der Waals surface area (Å²) >= 11 is -3.72. The average molecular weight is 418 g/mol. The molecule has 1 heteroatoms. The second-order valence-electron chi connectivity index (χ2n) is 7.91. The van der Waals surface area contributed by atoms with Gasteiger partial charge in [-0.2, -0.15) is 0 Å². The van der Waals surface area contributed by atoms with Crippen LogP contribution in [0.2, 0.25) is 0 Å². The summed E-state index contributed by atoms with van der Waals surface area (Å²) < 4.78 is 10.8. The minimum absolute atomic E-state index is 1.08. The van der Waals surface area contributed by atoms with Gasteiger partial charge >= 0.3 is 158 Å². The summed E-state index contributed by atoms with van der Waals surface area (Å²) in [5.41, 5.74) is 2.87. The topological polar surface area (TPSA) is 0 Å². The summed E-state index contributed by atoms with van der Waals surface area (Å²) in [6.45, 7) is 0. The molecule has 0 bridgehead atoms. The number of rotatable bonds is 6. The van der Waals surface area contributed by atoms with Crippen LogP contribution in [0.3, 0.4) is 0 Å². The van der Waals surface area contributed by atoms with E-state index in [1.807, 2.05) is 0 Å². The molecule has 0 fully saturated rings. The van der Waals surface area contributed by atoms with Gasteiger partial charge in [0.15, 0.2) is 0 Å². The molecule has 0 saturated carbocycles. The van der Waals surface area contributed by atoms with Gasteiger partial charge in [-0.3, -0.25) is 0 Å². The van der Waals surface area contributed by atoms with Crippen molar-refractivity contribution in [3.63, 3.8) is 0 Å². The van der Waals surface area contributed by atoms with Crippen molar-refractivity contribution in [2.45, 2.75) is 21.1 Å². The predicted octanol–water partition coefficient (Wildman–Crippen LogP) is 6.20. The first-order valence-corrected chi connectivity index (χ1v) is 17.2. The van der Waals surface area contributed by atoms with Gasteiger partial charge < -0.3 is 0 Å². The van der Waals surface area contributed by atoms with Crippen molar-refractivity contribution in [2.75, 3.05) is 0 Å². The van der Waals surface area contributed by atoms with E-state index in [-0.39, 0.29) is 0 Å². The molecule has 2 aromatic carbocycles. The van der Waals surface area contributed by atoms with Gasteiger partial charge in [-0.1, -0.05) is 0 Å². The summed E-state index contributed by atoms with van der Waals surface area (Å²) in [6, 6.07) is 22.0. The first-order chi connectivity index (χ1) is 12.7. The van der Waals surface area contributed by atoms with E-state index in [2.05, 4.69) is 97.1 Å². The first kappa shape index (κ1) is 17.6. The number of allylic oxidation sites excluding steroid dienone is 8. The molecule has 4 rings (SSSR count). The fraction of sp³-hybridized carbons (Fsp3) is 0.160. The monoisotopic (exact) mass is 416 g/mol. The Morgan fingerprint density at radius 3 is 1.42 bits per heavy atom. The van der Waals surface area contributed by atoms with Gasteiger partial charge in [0, 0.05) is 0 Å². The van der Waals surface area contributed by atoms with Crippen molar-refractivity contribution in [3.8, 4) is 0 Å². The van der Waals surface area contributed by atoms with Gasteiger partial charge in [0.05, 0.1) is 0 Å². The molecule has 0 radical (unpaired) electrons. The van der Waals surface area contributed by atoms with Crippen LogP contribution >= 0.6 is 0 Å². The van der Waals surface area contributed by atoms with E-state index in [0.717, 1.165) is 21.1 Å². The number of hydrogen-bond acceptors (Lipinski definition) is 0. The second kappa shape index (κ2) is 7.05. The van der Waals surface area contributed by atoms with Crippen molar-refractivity contribution in [1.82, 2.24) is 0 Å². The fourth-order valence-corrected chi connectivity index (χ4v) is 20.2. The Kier molecular flexibility index (Phi) is 4.76. The van der Waals surface area contributed by atoms with Crippen LogP contribution in [0, 0.1) is 0 Å². The summed E-state index contributed by atoms with van der Waals surface area (Å²) in [5.74, 6) is 0. The zero-order valence-corrected chi connectivity index (χ0v) is 17.7. The molecule has 0 saturated heterocycles. The number of hydrogen-bond donors (Lipinski definition) is 0. The molecule has 0 atom stereocenters. The molecule has 130 valence electrons. The quantitative estimate of drug-likeness (QED) is 0.525. The Hall–Kier alpha value is -1.85. The van der Waals surface area contributed by atoms with Crippen LogP contribution in [0.4, 0.5) is 0 Å². The molecule has 0 unspecified atom stereocenters. The molecule has 2 aromatic rings. The molecule has 0 spiro atoms. The summed E-state index contributed by atoms with van der Waals surface area (Å²) in [6.07, 6.45) is 16.0. The van der Waals surface area contributed by atoms with E-state index in [9.17, 15) is 0 Å². The second-order valence-corrected chi connectivity index (χ2v) is 22.3. The van der Waals surface area contributed by atoms with Crippen LogP contribution in [0.25, 0.3) is 0 Å². The van der Waals surface area contributed by atoms with E-state index >= 15 is 0 Å². The standard InChI is InChI=1S/2C7H7.2C5H5.CH2.Zr/c2*1-7-5-3-2-4-6-7;2*1-2-4-5-3-1;;/h2*2-6H,1H2;2*1-3H,4H2;1H2;. The van der Waals surface area contributed by atoms with Crippen LogP contribution in [-0.2, 0) is 26.6 Å². The average Bonchev–Trinajstić information content (AvgIpc) is 3.38. The van der Waals surface area contributed by atoms with Crippen LogP contribution < -0.4 is 0 Å². The first-order valence-electron chi connectivity index (χ1n) is 9.52. The molecule has 0 aromatic heterocycles. The van der Waals surface area contributed by atoms with Crippen molar-refractivity contribution >= 4 is 4.21 Å². The van der Waals surface area contributed by atoms with Crippen LogP contribution in [0.15, 0.2) is 104 Å². The maximum absolute atomic E-state index is 5.25. The molecule has 0 N–H and O–H groups in total. The van der Waals surface area contributed by atoms with Gasteiger partial charge in [0.1, 0.15) is 0 Å². The maximum atomic E-state index is 5.25. The predicted molar refractivity (Wildman–Crippen MR) is 111 cm³/mol. The molecule has 0 nitrogen and oxygen atoms in total. The zero-order valence-electron chi connectivity index (χ0n) is 15.3. The molecular formula is C25H26Zr. The van der Waals surface area contributed by atoms with E-state index < -0.39 is 18.3 Å². The molecule has 0 aliphatic heterocycles. The van der Waals surface area contributed by atoms with Gasteiger partial charge in [0.2, 0.25) is 0 Å². The van der Waals surface area contributed by atoms with Crippen LogP contribution in [0.5, 0.6) is 0 Å². The van der Waals surface area contributed by atoms with Gasteiger partial charge in [-0.15, -0.1) is 0 Å². The summed E-state index contributed by atoms with van der Waals surface area (Å²) in [5, 5.41) is 0. The Labute approximate surface area is 157 Å². The van der Waals surface area contributed by atoms with Gasteiger partial charge in [-0.25, -0.2) is 0 Å². The summed E-state index contributed by atoms with van der Waals surface area (Å²) in [7, 11) is 0. The Morgan fingerprint density at radius 2 is 1.08 bits per heavy atom. The zero-order chi connectivity index (χ0) is 17.9. The molecule has 2 aliphatic rings. The number of benzene rings is 2. The van der Waals surface area contributed by atoms with Crippen molar-refractivity contribution < 1.29 is 18.3 Å². The Balaban J connectivity index is 1.89. The molecule has 2 aliphatic carbocycles. The third-order valence-corrected chi connectivity index (χ3v) is 22.5. The van der Waals surface area contributed by atoms with Crippen LogP contribution in [0.1, 0.15) is 24.0 Å². The van der Waals surface area contributed by atoms with Gasteiger partial charge in [0.25, 0.3) is 0 Å². The molecule has 0 amide bonds. The summed E-state index contributed by atoms with van der Waals surface area (Å²) in [4.78, 5) is 0.